The van der Waals surface area contributed by atoms with Gasteiger partial charge in [0.15, 0.2) is 6.29 Å². The fourth-order valence-corrected chi connectivity index (χ4v) is 3.00. The van der Waals surface area contributed by atoms with Crippen molar-refractivity contribution in [2.75, 3.05) is 18.0 Å². The molecule has 0 aromatic carbocycles. The topological polar surface area (TPSA) is 20.3 Å². The summed E-state index contributed by atoms with van der Waals surface area (Å²) in [4.78, 5) is 13.8. The predicted octanol–water partition coefficient (Wildman–Crippen LogP) is 3.19. The summed E-state index contributed by atoms with van der Waals surface area (Å²) in [7, 11) is 0. The van der Waals surface area contributed by atoms with Crippen LogP contribution >= 0.6 is 11.3 Å². The highest BCUT2D eigenvalue weighted by Crippen LogP contribution is 2.29. The van der Waals surface area contributed by atoms with Gasteiger partial charge in [0.05, 0.1) is 4.88 Å². The Hall–Kier alpha value is -0.830. The zero-order valence-electron chi connectivity index (χ0n) is 9.11. The molecule has 15 heavy (non-hydrogen) atoms. The van der Waals surface area contributed by atoms with E-state index < -0.39 is 0 Å². The molecule has 0 spiro atoms. The number of hydrogen-bond acceptors (Lipinski definition) is 3. The van der Waals surface area contributed by atoms with E-state index in [-0.39, 0.29) is 0 Å². The first-order valence-corrected chi connectivity index (χ1v) is 6.50. The molecule has 0 bridgehead atoms. The molecular weight excluding hydrogens is 206 g/mol. The van der Waals surface area contributed by atoms with Gasteiger partial charge in [0, 0.05) is 24.2 Å². The zero-order valence-corrected chi connectivity index (χ0v) is 9.93. The summed E-state index contributed by atoms with van der Waals surface area (Å²) >= 11 is 1.54. The molecule has 1 atom stereocenters. The smallest absolute Gasteiger partial charge is 0.160 e. The Balaban J connectivity index is 1.98. The maximum Gasteiger partial charge on any atom is 0.160 e. The molecule has 0 saturated carbocycles. The monoisotopic (exact) mass is 223 g/mol. The minimum Gasteiger partial charge on any atom is -0.371 e. The molecule has 2 heterocycles. The lowest BCUT2D eigenvalue weighted by Crippen LogP contribution is -2.18. The number of aldehydes is 1. The third-order valence-corrected chi connectivity index (χ3v) is 3.92. The van der Waals surface area contributed by atoms with Crippen molar-refractivity contribution in [2.24, 2.45) is 5.92 Å². The van der Waals surface area contributed by atoms with E-state index in [1.165, 1.54) is 31.5 Å². The lowest BCUT2D eigenvalue weighted by molar-refractivity contribution is 0.112. The lowest BCUT2D eigenvalue weighted by atomic mass is 10.0. The van der Waals surface area contributed by atoms with Gasteiger partial charge >= 0.3 is 0 Å². The molecular formula is C12H17NOS. The van der Waals surface area contributed by atoms with Crippen LogP contribution in [0.3, 0.4) is 0 Å². The van der Waals surface area contributed by atoms with Crippen molar-refractivity contribution in [3.63, 3.8) is 0 Å². The van der Waals surface area contributed by atoms with Crippen LogP contribution in [0, 0.1) is 5.92 Å². The molecule has 1 aromatic heterocycles. The molecule has 3 heteroatoms. The van der Waals surface area contributed by atoms with E-state index in [4.69, 9.17) is 0 Å². The quantitative estimate of drug-likeness (QED) is 0.731. The van der Waals surface area contributed by atoms with Crippen LogP contribution in [-0.4, -0.2) is 19.4 Å². The molecule has 0 amide bonds. The molecule has 1 aliphatic rings. The maximum absolute atomic E-state index is 10.6. The second kappa shape index (κ2) is 4.79. The molecule has 0 N–H and O–H groups in total. The van der Waals surface area contributed by atoms with E-state index in [0.717, 1.165) is 23.6 Å². The molecule has 1 aliphatic heterocycles. The van der Waals surface area contributed by atoms with Crippen molar-refractivity contribution in [3.8, 4) is 0 Å². The Labute approximate surface area is 94.9 Å². The van der Waals surface area contributed by atoms with Crippen LogP contribution in [0.4, 0.5) is 5.69 Å². The lowest BCUT2D eigenvalue weighted by Gasteiger charge is -2.16. The van der Waals surface area contributed by atoms with Gasteiger partial charge in [-0.15, -0.1) is 11.3 Å². The number of nitrogens with zero attached hydrogens (tertiary/aromatic N) is 1. The Bertz CT molecular complexity index is 334. The highest BCUT2D eigenvalue weighted by atomic mass is 32.1. The minimum atomic E-state index is 0.837. The molecule has 1 fully saturated rings. The van der Waals surface area contributed by atoms with E-state index in [9.17, 15) is 4.79 Å². The third-order valence-electron chi connectivity index (χ3n) is 3.07. The molecule has 1 aromatic rings. The van der Waals surface area contributed by atoms with E-state index in [0.29, 0.717) is 0 Å². The van der Waals surface area contributed by atoms with E-state index >= 15 is 0 Å². The summed E-state index contributed by atoms with van der Waals surface area (Å²) in [5.74, 6) is 0.856. The van der Waals surface area contributed by atoms with Gasteiger partial charge in [0.25, 0.3) is 0 Å². The summed E-state index contributed by atoms with van der Waals surface area (Å²) in [6, 6.07) is 2.01. The number of rotatable bonds is 4. The summed E-state index contributed by atoms with van der Waals surface area (Å²) in [5, 5.41) is 2.10. The Morgan fingerprint density at radius 1 is 1.67 bits per heavy atom. The SMILES string of the molecule is CCCC1CCN(c2csc(C=O)c2)C1. The van der Waals surface area contributed by atoms with Crippen LogP contribution in [0.5, 0.6) is 0 Å². The summed E-state index contributed by atoms with van der Waals surface area (Å²) < 4.78 is 0. The van der Waals surface area contributed by atoms with Gasteiger partial charge in [0.1, 0.15) is 0 Å². The van der Waals surface area contributed by atoms with Crippen LogP contribution in [-0.2, 0) is 0 Å². The van der Waals surface area contributed by atoms with E-state index in [1.54, 1.807) is 11.3 Å². The normalized spacial score (nSPS) is 20.9. The van der Waals surface area contributed by atoms with Crippen molar-refractivity contribution in [1.29, 1.82) is 0 Å². The molecule has 1 saturated heterocycles. The fourth-order valence-electron chi connectivity index (χ4n) is 2.28. The minimum absolute atomic E-state index is 0.837. The van der Waals surface area contributed by atoms with Crippen LogP contribution in [0.1, 0.15) is 35.9 Å². The van der Waals surface area contributed by atoms with Gasteiger partial charge in [0.2, 0.25) is 0 Å². The zero-order chi connectivity index (χ0) is 10.7. The molecule has 1 unspecified atom stereocenters. The standard InChI is InChI=1S/C12H17NOS/c1-2-3-10-4-5-13(7-10)11-6-12(8-14)15-9-11/h6,8-10H,2-5,7H2,1H3. The first kappa shape index (κ1) is 10.7. The molecule has 2 rings (SSSR count). The van der Waals surface area contributed by atoms with Crippen molar-refractivity contribution < 1.29 is 4.79 Å². The summed E-state index contributed by atoms with van der Waals surface area (Å²) in [5.41, 5.74) is 1.24. The number of carbonyl (C=O) groups excluding carboxylic acids is 1. The fraction of sp³-hybridized carbons (Fsp3) is 0.583. The average Bonchev–Trinajstić information content (AvgIpc) is 2.85. The second-order valence-electron chi connectivity index (χ2n) is 4.21. The number of thiophene rings is 1. The predicted molar refractivity (Wildman–Crippen MR) is 64.9 cm³/mol. The number of anilines is 1. The van der Waals surface area contributed by atoms with Gasteiger partial charge in [-0.3, -0.25) is 4.79 Å². The summed E-state index contributed by atoms with van der Waals surface area (Å²) in [6.45, 7) is 4.57. The first-order chi connectivity index (χ1) is 7.33. The van der Waals surface area contributed by atoms with Crippen LogP contribution < -0.4 is 4.90 Å². The Kier molecular flexibility index (Phi) is 3.41. The van der Waals surface area contributed by atoms with Crippen molar-refractivity contribution >= 4 is 23.3 Å². The highest BCUT2D eigenvalue weighted by Gasteiger charge is 2.22. The van der Waals surface area contributed by atoms with Crippen molar-refractivity contribution in [1.82, 2.24) is 0 Å². The first-order valence-electron chi connectivity index (χ1n) is 5.62. The van der Waals surface area contributed by atoms with Gasteiger partial charge in [-0.2, -0.15) is 0 Å². The number of carbonyl (C=O) groups is 1. The van der Waals surface area contributed by atoms with Crippen LogP contribution in [0.15, 0.2) is 11.4 Å². The summed E-state index contributed by atoms with van der Waals surface area (Å²) in [6.07, 6.45) is 4.86. The van der Waals surface area contributed by atoms with E-state index in [2.05, 4.69) is 17.2 Å². The largest absolute Gasteiger partial charge is 0.371 e. The molecule has 2 nitrogen and oxygen atoms in total. The van der Waals surface area contributed by atoms with Crippen LogP contribution in [0.25, 0.3) is 0 Å². The molecule has 82 valence electrons. The van der Waals surface area contributed by atoms with Crippen LogP contribution in [0.2, 0.25) is 0 Å². The Morgan fingerprint density at radius 3 is 3.20 bits per heavy atom. The van der Waals surface area contributed by atoms with Gasteiger partial charge in [-0.05, 0) is 24.8 Å². The molecule has 0 aliphatic carbocycles. The number of hydrogen-bond donors (Lipinski definition) is 0. The van der Waals surface area contributed by atoms with E-state index in [1.807, 2.05) is 6.07 Å². The van der Waals surface area contributed by atoms with Gasteiger partial charge < -0.3 is 4.90 Å². The van der Waals surface area contributed by atoms with Gasteiger partial charge in [-0.25, -0.2) is 0 Å². The average molecular weight is 223 g/mol. The third kappa shape index (κ3) is 2.40. The molecule has 0 radical (unpaired) electrons. The second-order valence-corrected chi connectivity index (χ2v) is 5.16. The van der Waals surface area contributed by atoms with Crippen molar-refractivity contribution in [3.05, 3.63) is 16.3 Å². The highest BCUT2D eigenvalue weighted by molar-refractivity contribution is 7.12. The maximum atomic E-state index is 10.6. The van der Waals surface area contributed by atoms with Gasteiger partial charge in [-0.1, -0.05) is 13.3 Å². The Morgan fingerprint density at radius 2 is 2.53 bits per heavy atom. The van der Waals surface area contributed by atoms with Crippen molar-refractivity contribution in [2.45, 2.75) is 26.2 Å².